The minimum absolute atomic E-state index is 0.0266. The van der Waals surface area contributed by atoms with Crippen LogP contribution in [0.1, 0.15) is 138 Å². The summed E-state index contributed by atoms with van der Waals surface area (Å²) in [5, 5.41) is 0. The Morgan fingerprint density at radius 2 is 0.534 bits per heavy atom. The van der Waals surface area contributed by atoms with Crippen LogP contribution in [0.4, 0.5) is 0 Å². The van der Waals surface area contributed by atoms with Crippen LogP contribution >= 0.6 is 91.8 Å². The fraction of sp³-hybridized carbons (Fsp3) is 0.278. The van der Waals surface area contributed by atoms with Crippen LogP contribution in [0.2, 0.25) is 17.3 Å². The molecule has 0 radical (unpaired) electrons. The minimum atomic E-state index is -0.0266. The first-order chi connectivity index (χ1) is 42.1. The lowest BCUT2D eigenvalue weighted by Gasteiger charge is -2.39. The van der Waals surface area contributed by atoms with E-state index in [4.69, 9.17) is 46.4 Å². The van der Waals surface area contributed by atoms with E-state index in [9.17, 15) is 19.2 Å². The zero-order valence-electron chi connectivity index (χ0n) is 50.7. The number of carbonyl (C=O) groups is 4. The van der Waals surface area contributed by atoms with Crippen LogP contribution in [0.5, 0.6) is 0 Å². The van der Waals surface area contributed by atoms with Gasteiger partial charge in [-0.2, -0.15) is 0 Å². The van der Waals surface area contributed by atoms with Crippen LogP contribution in [0.3, 0.4) is 0 Å². The molecule has 8 nitrogen and oxygen atoms in total. The maximum absolute atomic E-state index is 12.2. The van der Waals surface area contributed by atoms with Gasteiger partial charge in [-0.25, -0.2) is 0 Å². The van der Waals surface area contributed by atoms with Crippen LogP contribution in [-0.4, -0.2) is 67.4 Å². The summed E-state index contributed by atoms with van der Waals surface area (Å²) in [5.41, 5.74) is 15.0. The van der Waals surface area contributed by atoms with E-state index in [0.717, 1.165) is 17.3 Å². The molecule has 4 aromatic carbocycles. The number of halogens is 4. The predicted molar refractivity (Wildman–Crippen MR) is 370 cm³/mol. The standard InChI is InChI=1S/4C18H18ClNOS/c4*1-4-17(21)20-10-15-14(9-16(19)22-15)18(12(20)3)13-8-6-5-7-11(13)2/h4*4-9,12,18H,1,10H2,2-3H3/t2*12-,18+;2*12-,18-/m1010/s1. The molecule has 0 saturated heterocycles. The summed E-state index contributed by atoms with van der Waals surface area (Å²) >= 11 is 31.3. The van der Waals surface area contributed by atoms with Crippen molar-refractivity contribution in [1.82, 2.24) is 19.6 Å². The van der Waals surface area contributed by atoms with Crippen LogP contribution in [0.15, 0.2) is 172 Å². The minimum Gasteiger partial charge on any atom is -0.330 e. The quantitative estimate of drug-likeness (QED) is 0.142. The topological polar surface area (TPSA) is 81.2 Å². The van der Waals surface area contributed by atoms with Crippen molar-refractivity contribution in [1.29, 1.82) is 0 Å². The van der Waals surface area contributed by atoms with E-state index in [1.807, 2.05) is 43.9 Å². The van der Waals surface area contributed by atoms with Gasteiger partial charge in [0.2, 0.25) is 23.6 Å². The highest BCUT2D eigenvalue weighted by Gasteiger charge is 2.41. The molecular weight excluding hydrogens is 1250 g/mol. The van der Waals surface area contributed by atoms with Gasteiger partial charge in [0.15, 0.2) is 0 Å². The lowest BCUT2D eigenvalue weighted by Crippen LogP contribution is -2.44. The molecule has 0 saturated carbocycles. The fourth-order valence-electron chi connectivity index (χ4n) is 13.2. The van der Waals surface area contributed by atoms with Gasteiger partial charge in [-0.3, -0.25) is 19.2 Å². The van der Waals surface area contributed by atoms with E-state index in [1.54, 1.807) is 45.3 Å². The molecule has 4 aliphatic heterocycles. The van der Waals surface area contributed by atoms with E-state index in [0.29, 0.717) is 26.2 Å². The van der Waals surface area contributed by atoms with E-state index < -0.39 is 0 Å². The molecule has 88 heavy (non-hydrogen) atoms. The van der Waals surface area contributed by atoms with Crippen molar-refractivity contribution in [3.8, 4) is 0 Å². The molecule has 0 aliphatic carbocycles. The summed E-state index contributed by atoms with van der Waals surface area (Å²) in [7, 11) is 0. The van der Waals surface area contributed by atoms with Crippen LogP contribution in [0, 0.1) is 27.7 Å². The third-order valence-electron chi connectivity index (χ3n) is 17.7. The number of fused-ring (bicyclic) bond motifs is 4. The van der Waals surface area contributed by atoms with Gasteiger partial charge in [-0.15, -0.1) is 45.3 Å². The molecule has 0 fully saturated rings. The van der Waals surface area contributed by atoms with Gasteiger partial charge >= 0.3 is 0 Å². The van der Waals surface area contributed by atoms with Crippen LogP contribution in [0.25, 0.3) is 0 Å². The number of aryl methyl sites for hydroxylation is 4. The second-order valence-electron chi connectivity index (χ2n) is 22.7. The summed E-state index contributed by atoms with van der Waals surface area (Å²) in [5.74, 6) is 0.496. The largest absolute Gasteiger partial charge is 0.330 e. The predicted octanol–water partition coefficient (Wildman–Crippen LogP) is 19.0. The highest BCUT2D eigenvalue weighted by atomic mass is 35.5. The second-order valence-corrected chi connectivity index (χ2v) is 29.8. The number of amides is 4. The summed E-state index contributed by atoms with van der Waals surface area (Å²) in [4.78, 5) is 61.2. The van der Waals surface area contributed by atoms with Crippen molar-refractivity contribution in [3.63, 3.8) is 0 Å². The van der Waals surface area contributed by atoms with E-state index in [2.05, 4.69) is 179 Å². The Hall–Kier alpha value is -6.32. The number of thiophene rings is 4. The monoisotopic (exact) mass is 1320 g/mol. The SMILES string of the molecule is C=CC(=O)N1Cc2sc(Cl)cc2[C@@H](c2ccccc2C)[C@@H]1C.C=CC(=O)N1Cc2sc(Cl)cc2[C@@H](c2ccccc2C)[C@H]1C.C=CC(=O)N1Cc2sc(Cl)cc2[C@H](c2ccccc2C)[C@@H]1C.C=CC(=O)N1Cc2sc(Cl)cc2[C@H](c2ccccc2C)[C@H]1C. The Kier molecular flexibility index (Phi) is 21.5. The van der Waals surface area contributed by atoms with E-state index in [-0.39, 0.29) is 71.5 Å². The number of nitrogens with zero attached hydrogens (tertiary/aromatic N) is 4. The third-order valence-corrected chi connectivity index (χ3v) is 22.7. The zero-order chi connectivity index (χ0) is 63.4. The van der Waals surface area contributed by atoms with Crippen LogP contribution < -0.4 is 0 Å². The van der Waals surface area contributed by atoms with E-state index >= 15 is 0 Å². The highest BCUT2D eigenvalue weighted by molar-refractivity contribution is 7.17. The number of hydrogen-bond acceptors (Lipinski definition) is 8. The fourth-order valence-corrected chi connectivity index (χ4v) is 18.5. The van der Waals surface area contributed by atoms with Crippen molar-refractivity contribution in [2.45, 2.75) is 129 Å². The molecule has 0 spiro atoms. The average molecular weight is 1330 g/mol. The van der Waals surface area contributed by atoms with Crippen molar-refractivity contribution in [2.75, 3.05) is 0 Å². The lowest BCUT2D eigenvalue weighted by atomic mass is 9.81. The molecule has 4 aromatic heterocycles. The summed E-state index contributed by atoms with van der Waals surface area (Å²) in [6, 6.07) is 42.0. The van der Waals surface area contributed by atoms with Gasteiger partial charge in [-0.05, 0) is 171 Å². The maximum Gasteiger partial charge on any atom is 0.246 e. The van der Waals surface area contributed by atoms with Gasteiger partial charge < -0.3 is 19.6 Å². The van der Waals surface area contributed by atoms with Gasteiger partial charge in [0.1, 0.15) is 0 Å². The number of rotatable bonds is 8. The van der Waals surface area contributed by atoms with Crippen molar-refractivity contribution in [2.24, 2.45) is 0 Å². The van der Waals surface area contributed by atoms with Crippen molar-refractivity contribution < 1.29 is 19.2 Å². The van der Waals surface area contributed by atoms with Gasteiger partial charge in [-0.1, -0.05) is 170 Å². The molecule has 8 atom stereocenters. The molecule has 4 amide bonds. The first-order valence-corrected chi connectivity index (χ1v) is 33.9. The van der Waals surface area contributed by atoms with Crippen LogP contribution in [-0.2, 0) is 45.4 Å². The zero-order valence-corrected chi connectivity index (χ0v) is 57.0. The van der Waals surface area contributed by atoms with Gasteiger partial charge in [0, 0.05) is 67.3 Å². The Balaban J connectivity index is 0.000000140. The Labute approximate surface area is 554 Å². The van der Waals surface area contributed by atoms with Crippen molar-refractivity contribution in [3.05, 3.63) is 276 Å². The van der Waals surface area contributed by atoms with Gasteiger partial charge in [0.25, 0.3) is 0 Å². The second kappa shape index (κ2) is 28.7. The molecule has 0 bridgehead atoms. The first kappa shape index (κ1) is 66.1. The molecule has 8 heterocycles. The average Bonchev–Trinajstić information content (AvgIpc) is 1.68. The molecule has 16 heteroatoms. The normalized spacial score (nSPS) is 20.6. The molecular formula is C72H72Cl4N4O4S4. The molecule has 0 unspecified atom stereocenters. The highest BCUT2D eigenvalue weighted by Crippen LogP contribution is 2.48. The Morgan fingerprint density at radius 1 is 0.352 bits per heavy atom. The molecule has 12 rings (SSSR count). The summed E-state index contributed by atoms with van der Waals surface area (Å²) in [6.07, 6.45) is 5.58. The molecule has 0 N–H and O–H groups in total. The molecule has 456 valence electrons. The smallest absolute Gasteiger partial charge is 0.246 e. The van der Waals surface area contributed by atoms with Crippen molar-refractivity contribution >= 4 is 115 Å². The third kappa shape index (κ3) is 13.7. The molecule has 8 aromatic rings. The maximum atomic E-state index is 12.2. The number of benzene rings is 4. The van der Waals surface area contributed by atoms with E-state index in [1.165, 1.54) is 111 Å². The van der Waals surface area contributed by atoms with Gasteiger partial charge in [0.05, 0.1) is 43.5 Å². The Bertz CT molecular complexity index is 3450. The summed E-state index contributed by atoms with van der Waals surface area (Å²) in [6.45, 7) is 33.9. The number of hydrogen-bond donors (Lipinski definition) is 0. The molecule has 4 aliphatic rings. The first-order valence-electron chi connectivity index (χ1n) is 29.2. The lowest BCUT2D eigenvalue weighted by molar-refractivity contribution is -0.130. The summed E-state index contributed by atoms with van der Waals surface area (Å²) < 4.78 is 3.12. The number of carbonyl (C=O) groups excluding carboxylic acids is 4. The Morgan fingerprint density at radius 3 is 0.705 bits per heavy atom.